The van der Waals surface area contributed by atoms with Crippen LogP contribution in [0.3, 0.4) is 0 Å². The average molecular weight is 306 g/mol. The second-order valence-corrected chi connectivity index (χ2v) is 6.37. The van der Waals surface area contributed by atoms with Crippen LogP contribution in [0.2, 0.25) is 0 Å². The van der Waals surface area contributed by atoms with Gasteiger partial charge in [-0.1, -0.05) is 50.5 Å². The van der Waals surface area contributed by atoms with Gasteiger partial charge in [-0.2, -0.15) is 0 Å². The zero-order valence-electron chi connectivity index (χ0n) is 15.2. The normalized spacial score (nSPS) is 13.2. The van der Waals surface area contributed by atoms with E-state index in [1.54, 1.807) is 6.08 Å². The van der Waals surface area contributed by atoms with Gasteiger partial charge < -0.3 is 4.74 Å². The van der Waals surface area contributed by atoms with Gasteiger partial charge in [0.05, 0.1) is 6.61 Å². The van der Waals surface area contributed by atoms with E-state index < -0.39 is 0 Å². The van der Waals surface area contributed by atoms with Crippen molar-refractivity contribution < 1.29 is 9.53 Å². The molecule has 2 heteroatoms. The van der Waals surface area contributed by atoms with Gasteiger partial charge in [0.1, 0.15) is 0 Å². The van der Waals surface area contributed by atoms with E-state index >= 15 is 0 Å². The van der Waals surface area contributed by atoms with Crippen molar-refractivity contribution >= 4 is 5.97 Å². The van der Waals surface area contributed by atoms with Crippen molar-refractivity contribution in [3.8, 4) is 0 Å². The first-order valence-electron chi connectivity index (χ1n) is 8.60. The minimum absolute atomic E-state index is 0.227. The molecule has 0 aromatic heterocycles. The lowest BCUT2D eigenvalue weighted by Crippen LogP contribution is -2.02. The molecule has 2 nitrogen and oxygen atoms in total. The average Bonchev–Trinajstić information content (AvgIpc) is 2.43. The lowest BCUT2D eigenvalue weighted by molar-refractivity contribution is -0.137. The SMILES string of the molecule is CCCCCOC(=O)/C=C(C)/C=C/CC(C)CCC=C(C)C. The maximum atomic E-state index is 11.6. The van der Waals surface area contributed by atoms with Crippen LogP contribution in [0.1, 0.15) is 73.1 Å². The van der Waals surface area contributed by atoms with E-state index in [1.807, 2.05) is 13.0 Å². The van der Waals surface area contributed by atoms with Crippen molar-refractivity contribution in [2.24, 2.45) is 5.92 Å². The summed E-state index contributed by atoms with van der Waals surface area (Å²) in [7, 11) is 0. The third kappa shape index (κ3) is 13.7. The fourth-order valence-electron chi connectivity index (χ4n) is 2.06. The summed E-state index contributed by atoms with van der Waals surface area (Å²) in [5.41, 5.74) is 2.34. The lowest BCUT2D eigenvalue weighted by atomic mass is 10.0. The highest BCUT2D eigenvalue weighted by Crippen LogP contribution is 2.13. The molecule has 1 atom stereocenters. The largest absolute Gasteiger partial charge is 0.463 e. The van der Waals surface area contributed by atoms with Crippen LogP contribution in [-0.2, 0) is 9.53 Å². The summed E-state index contributed by atoms with van der Waals surface area (Å²) in [5.74, 6) is 0.440. The van der Waals surface area contributed by atoms with E-state index in [-0.39, 0.29) is 5.97 Å². The first-order chi connectivity index (χ1) is 10.5. The first-order valence-corrected chi connectivity index (χ1v) is 8.60. The van der Waals surface area contributed by atoms with Crippen molar-refractivity contribution in [2.45, 2.75) is 73.1 Å². The van der Waals surface area contributed by atoms with Gasteiger partial charge in [0.15, 0.2) is 0 Å². The lowest BCUT2D eigenvalue weighted by Gasteiger charge is -2.06. The molecule has 0 aromatic carbocycles. The van der Waals surface area contributed by atoms with Crippen LogP contribution < -0.4 is 0 Å². The molecular weight excluding hydrogens is 272 g/mol. The quantitative estimate of drug-likeness (QED) is 0.154. The Hall–Kier alpha value is -1.31. The monoisotopic (exact) mass is 306 g/mol. The highest BCUT2D eigenvalue weighted by atomic mass is 16.5. The Morgan fingerprint density at radius 1 is 1.18 bits per heavy atom. The number of rotatable bonds is 11. The van der Waals surface area contributed by atoms with Crippen LogP contribution in [0.15, 0.2) is 35.5 Å². The molecule has 0 aliphatic heterocycles. The molecule has 0 aromatic rings. The zero-order chi connectivity index (χ0) is 16.8. The van der Waals surface area contributed by atoms with Crippen LogP contribution >= 0.6 is 0 Å². The highest BCUT2D eigenvalue weighted by molar-refractivity contribution is 5.83. The molecule has 1 unspecified atom stereocenters. The molecule has 0 amide bonds. The van der Waals surface area contributed by atoms with Crippen LogP contribution in [0.5, 0.6) is 0 Å². The molecule has 22 heavy (non-hydrogen) atoms. The minimum Gasteiger partial charge on any atom is -0.463 e. The van der Waals surface area contributed by atoms with E-state index in [0.717, 1.165) is 37.7 Å². The second-order valence-electron chi connectivity index (χ2n) is 6.37. The number of allylic oxidation sites excluding steroid dienone is 5. The van der Waals surface area contributed by atoms with Crippen LogP contribution in [-0.4, -0.2) is 12.6 Å². The molecular formula is C20H34O2. The molecule has 0 saturated carbocycles. The van der Waals surface area contributed by atoms with Crippen molar-refractivity contribution in [2.75, 3.05) is 6.61 Å². The Kier molecular flexibility index (Phi) is 12.6. The fraction of sp³-hybridized carbons (Fsp3) is 0.650. The van der Waals surface area contributed by atoms with Crippen LogP contribution in [0.25, 0.3) is 0 Å². The van der Waals surface area contributed by atoms with Crippen molar-refractivity contribution in [3.05, 3.63) is 35.5 Å². The highest BCUT2D eigenvalue weighted by Gasteiger charge is 1.99. The summed E-state index contributed by atoms with van der Waals surface area (Å²) < 4.78 is 5.16. The topological polar surface area (TPSA) is 26.3 Å². The van der Waals surface area contributed by atoms with E-state index in [9.17, 15) is 4.79 Å². The fourth-order valence-corrected chi connectivity index (χ4v) is 2.06. The molecule has 0 aliphatic rings. The summed E-state index contributed by atoms with van der Waals surface area (Å²) in [6.07, 6.45) is 14.7. The van der Waals surface area contributed by atoms with E-state index in [1.165, 1.54) is 12.0 Å². The van der Waals surface area contributed by atoms with Gasteiger partial charge in [-0.25, -0.2) is 4.79 Å². The summed E-state index contributed by atoms with van der Waals surface area (Å²) in [6, 6.07) is 0. The van der Waals surface area contributed by atoms with E-state index in [2.05, 4.69) is 39.8 Å². The molecule has 0 radical (unpaired) electrons. The Morgan fingerprint density at radius 2 is 1.91 bits per heavy atom. The van der Waals surface area contributed by atoms with Crippen molar-refractivity contribution in [1.29, 1.82) is 0 Å². The van der Waals surface area contributed by atoms with Gasteiger partial charge in [0.25, 0.3) is 0 Å². The Morgan fingerprint density at radius 3 is 2.55 bits per heavy atom. The molecule has 0 saturated heterocycles. The standard InChI is InChI=1S/C20H34O2/c1-6-7-8-15-22-20(21)16-19(5)14-10-13-18(4)12-9-11-17(2)3/h10-11,14,16,18H,6-9,12-13,15H2,1-5H3/b14-10+,19-16+. The molecule has 126 valence electrons. The Labute approximate surface area is 137 Å². The van der Waals surface area contributed by atoms with Gasteiger partial charge in [-0.3, -0.25) is 0 Å². The summed E-state index contributed by atoms with van der Waals surface area (Å²) in [5, 5.41) is 0. The summed E-state index contributed by atoms with van der Waals surface area (Å²) in [4.78, 5) is 11.6. The van der Waals surface area contributed by atoms with Gasteiger partial charge in [-0.05, 0) is 57.9 Å². The number of hydrogen-bond acceptors (Lipinski definition) is 2. The predicted octanol–water partition coefficient (Wildman–Crippen LogP) is 5.99. The van der Waals surface area contributed by atoms with Gasteiger partial charge >= 0.3 is 5.97 Å². The Bertz CT molecular complexity index is 385. The third-order valence-corrected chi connectivity index (χ3v) is 3.47. The van der Waals surface area contributed by atoms with Crippen LogP contribution in [0.4, 0.5) is 0 Å². The molecule has 0 fully saturated rings. The maximum Gasteiger partial charge on any atom is 0.331 e. The minimum atomic E-state index is -0.227. The van der Waals surface area contributed by atoms with E-state index in [4.69, 9.17) is 4.74 Å². The molecule has 0 rings (SSSR count). The van der Waals surface area contributed by atoms with Gasteiger partial charge in [0, 0.05) is 6.08 Å². The zero-order valence-corrected chi connectivity index (χ0v) is 15.2. The molecule has 0 spiro atoms. The van der Waals surface area contributed by atoms with Crippen molar-refractivity contribution in [3.63, 3.8) is 0 Å². The Balaban J connectivity index is 3.97. The van der Waals surface area contributed by atoms with Crippen LogP contribution in [0, 0.1) is 5.92 Å². The number of unbranched alkanes of at least 4 members (excludes halogenated alkanes) is 2. The number of esters is 1. The smallest absolute Gasteiger partial charge is 0.331 e. The van der Waals surface area contributed by atoms with E-state index in [0.29, 0.717) is 12.5 Å². The molecule has 0 N–H and O–H groups in total. The second kappa shape index (κ2) is 13.4. The predicted molar refractivity (Wildman–Crippen MR) is 95.8 cm³/mol. The van der Waals surface area contributed by atoms with Crippen molar-refractivity contribution in [1.82, 2.24) is 0 Å². The summed E-state index contributed by atoms with van der Waals surface area (Å²) >= 11 is 0. The molecule has 0 bridgehead atoms. The first kappa shape index (κ1) is 20.7. The van der Waals surface area contributed by atoms with Gasteiger partial charge in [0.2, 0.25) is 0 Å². The number of carbonyl (C=O) groups is 1. The van der Waals surface area contributed by atoms with Gasteiger partial charge in [-0.15, -0.1) is 0 Å². The molecule has 0 heterocycles. The maximum absolute atomic E-state index is 11.6. The number of hydrogen-bond donors (Lipinski definition) is 0. The molecule has 0 aliphatic carbocycles. The number of carbonyl (C=O) groups excluding carboxylic acids is 1. The third-order valence-electron chi connectivity index (χ3n) is 3.47. The summed E-state index contributed by atoms with van der Waals surface area (Å²) in [6.45, 7) is 11.2. The number of ether oxygens (including phenoxy) is 1.